The van der Waals surface area contributed by atoms with Crippen molar-refractivity contribution in [2.24, 2.45) is 0 Å². The summed E-state index contributed by atoms with van der Waals surface area (Å²) in [6.45, 7) is -1.21. The quantitative estimate of drug-likeness (QED) is 0.719. The SMILES string of the molecule is CCCC(=O)Nc1cccc(NC(=O)c2cccc(OC)c2OC(F)F)c1. The molecule has 144 valence electrons. The van der Waals surface area contributed by atoms with Crippen LogP contribution in [0.2, 0.25) is 0 Å². The molecule has 2 aromatic rings. The Labute approximate surface area is 155 Å². The number of hydrogen-bond acceptors (Lipinski definition) is 4. The summed E-state index contributed by atoms with van der Waals surface area (Å²) in [4.78, 5) is 24.2. The lowest BCUT2D eigenvalue weighted by Gasteiger charge is -2.14. The van der Waals surface area contributed by atoms with E-state index in [2.05, 4.69) is 15.4 Å². The molecule has 0 aromatic heterocycles. The van der Waals surface area contributed by atoms with Gasteiger partial charge >= 0.3 is 6.61 Å². The highest BCUT2D eigenvalue weighted by molar-refractivity contribution is 6.07. The minimum atomic E-state index is -3.11. The third-order valence-electron chi connectivity index (χ3n) is 3.53. The van der Waals surface area contributed by atoms with Crippen molar-refractivity contribution in [3.05, 3.63) is 48.0 Å². The van der Waals surface area contributed by atoms with E-state index in [4.69, 9.17) is 4.74 Å². The minimum Gasteiger partial charge on any atom is -0.493 e. The van der Waals surface area contributed by atoms with E-state index >= 15 is 0 Å². The molecule has 0 spiro atoms. The maximum Gasteiger partial charge on any atom is 0.387 e. The van der Waals surface area contributed by atoms with Gasteiger partial charge in [-0.2, -0.15) is 8.78 Å². The second-order valence-corrected chi connectivity index (χ2v) is 5.55. The number of halogens is 2. The zero-order valence-electron chi connectivity index (χ0n) is 14.9. The third-order valence-corrected chi connectivity index (χ3v) is 3.53. The average molecular weight is 378 g/mol. The highest BCUT2D eigenvalue weighted by atomic mass is 19.3. The van der Waals surface area contributed by atoms with Crippen molar-refractivity contribution in [1.82, 2.24) is 0 Å². The molecule has 6 nitrogen and oxygen atoms in total. The maximum atomic E-state index is 12.7. The summed E-state index contributed by atoms with van der Waals surface area (Å²) < 4.78 is 34.8. The Kier molecular flexibility index (Phi) is 7.10. The molecule has 2 aromatic carbocycles. The number of nitrogens with one attached hydrogen (secondary N) is 2. The smallest absolute Gasteiger partial charge is 0.387 e. The number of alkyl halides is 2. The van der Waals surface area contributed by atoms with E-state index in [-0.39, 0.29) is 23.0 Å². The van der Waals surface area contributed by atoms with Crippen LogP contribution in [0.5, 0.6) is 11.5 Å². The Balaban J connectivity index is 2.21. The number of anilines is 2. The molecular weight excluding hydrogens is 358 g/mol. The van der Waals surface area contributed by atoms with Crippen molar-refractivity contribution in [3.63, 3.8) is 0 Å². The van der Waals surface area contributed by atoms with Gasteiger partial charge in [-0.3, -0.25) is 9.59 Å². The number of methoxy groups -OCH3 is 1. The Morgan fingerprint density at radius 3 is 2.37 bits per heavy atom. The molecule has 27 heavy (non-hydrogen) atoms. The molecule has 0 radical (unpaired) electrons. The molecule has 2 N–H and O–H groups in total. The van der Waals surface area contributed by atoms with Gasteiger partial charge in [-0.15, -0.1) is 0 Å². The van der Waals surface area contributed by atoms with Crippen LogP contribution in [0.15, 0.2) is 42.5 Å². The van der Waals surface area contributed by atoms with Gasteiger partial charge in [0.05, 0.1) is 12.7 Å². The zero-order chi connectivity index (χ0) is 19.8. The predicted molar refractivity (Wildman–Crippen MR) is 97.6 cm³/mol. The van der Waals surface area contributed by atoms with E-state index in [0.29, 0.717) is 24.2 Å². The lowest BCUT2D eigenvalue weighted by atomic mass is 10.1. The molecule has 0 aliphatic heterocycles. The van der Waals surface area contributed by atoms with Gasteiger partial charge in [-0.25, -0.2) is 0 Å². The van der Waals surface area contributed by atoms with Gasteiger partial charge in [0.2, 0.25) is 5.91 Å². The van der Waals surface area contributed by atoms with E-state index < -0.39 is 12.5 Å². The molecule has 0 saturated heterocycles. The van der Waals surface area contributed by atoms with E-state index in [0.717, 1.165) is 0 Å². The monoisotopic (exact) mass is 378 g/mol. The number of para-hydroxylation sites is 1. The largest absolute Gasteiger partial charge is 0.493 e. The van der Waals surface area contributed by atoms with Crippen molar-refractivity contribution < 1.29 is 27.8 Å². The molecule has 0 bridgehead atoms. The summed E-state index contributed by atoms with van der Waals surface area (Å²) in [6, 6.07) is 10.8. The summed E-state index contributed by atoms with van der Waals surface area (Å²) in [5, 5.41) is 5.32. The second-order valence-electron chi connectivity index (χ2n) is 5.55. The number of ether oxygens (including phenoxy) is 2. The van der Waals surface area contributed by atoms with Gasteiger partial charge in [0, 0.05) is 17.8 Å². The Morgan fingerprint density at radius 1 is 1.07 bits per heavy atom. The number of carbonyl (C=O) groups excluding carboxylic acids is 2. The molecule has 0 aliphatic carbocycles. The molecule has 0 unspecified atom stereocenters. The zero-order valence-corrected chi connectivity index (χ0v) is 14.9. The van der Waals surface area contributed by atoms with Crippen LogP contribution in [0, 0.1) is 0 Å². The number of hydrogen-bond donors (Lipinski definition) is 2. The van der Waals surface area contributed by atoms with Gasteiger partial charge < -0.3 is 20.1 Å². The lowest BCUT2D eigenvalue weighted by molar-refractivity contribution is -0.116. The molecule has 0 saturated carbocycles. The summed E-state index contributed by atoms with van der Waals surface area (Å²) in [5.74, 6) is -1.12. The van der Waals surface area contributed by atoms with E-state index in [1.54, 1.807) is 24.3 Å². The normalized spacial score (nSPS) is 10.4. The molecule has 0 heterocycles. The molecule has 8 heteroatoms. The van der Waals surface area contributed by atoms with Crippen molar-refractivity contribution in [2.75, 3.05) is 17.7 Å². The van der Waals surface area contributed by atoms with Crippen LogP contribution in [-0.2, 0) is 4.79 Å². The van der Waals surface area contributed by atoms with Gasteiger partial charge in [0.15, 0.2) is 11.5 Å². The number of benzene rings is 2. The Morgan fingerprint density at radius 2 is 1.74 bits per heavy atom. The third kappa shape index (κ3) is 5.67. The van der Waals surface area contributed by atoms with Crippen LogP contribution in [0.3, 0.4) is 0 Å². The van der Waals surface area contributed by atoms with Crippen LogP contribution >= 0.6 is 0 Å². The molecule has 2 rings (SSSR count). The highest BCUT2D eigenvalue weighted by Crippen LogP contribution is 2.33. The van der Waals surface area contributed by atoms with Crippen LogP contribution in [0.4, 0.5) is 20.2 Å². The fraction of sp³-hybridized carbons (Fsp3) is 0.263. The van der Waals surface area contributed by atoms with Crippen molar-refractivity contribution in [3.8, 4) is 11.5 Å². The van der Waals surface area contributed by atoms with E-state index in [1.165, 1.54) is 25.3 Å². The van der Waals surface area contributed by atoms with E-state index in [9.17, 15) is 18.4 Å². The molecule has 0 atom stereocenters. The Hall–Kier alpha value is -3.16. The minimum absolute atomic E-state index is 0.0172. The average Bonchev–Trinajstić information content (AvgIpc) is 2.61. The van der Waals surface area contributed by atoms with Gasteiger partial charge in [0.25, 0.3) is 5.91 Å². The van der Waals surface area contributed by atoms with Crippen LogP contribution in [0.25, 0.3) is 0 Å². The summed E-state index contributed by atoms with van der Waals surface area (Å²) >= 11 is 0. The fourth-order valence-corrected chi connectivity index (χ4v) is 2.39. The fourth-order valence-electron chi connectivity index (χ4n) is 2.39. The number of rotatable bonds is 8. The van der Waals surface area contributed by atoms with Crippen molar-refractivity contribution in [2.45, 2.75) is 26.4 Å². The van der Waals surface area contributed by atoms with Gasteiger partial charge in [0.1, 0.15) is 0 Å². The van der Waals surface area contributed by atoms with Crippen LogP contribution in [0.1, 0.15) is 30.1 Å². The molecule has 0 fully saturated rings. The van der Waals surface area contributed by atoms with E-state index in [1.807, 2.05) is 6.92 Å². The van der Waals surface area contributed by atoms with Crippen LogP contribution < -0.4 is 20.1 Å². The van der Waals surface area contributed by atoms with Crippen molar-refractivity contribution >= 4 is 23.2 Å². The standard InChI is InChI=1S/C19H20F2N2O4/c1-3-6-16(24)22-12-7-4-8-13(11-12)23-18(25)14-9-5-10-15(26-2)17(14)27-19(20)21/h4-5,7-11,19H,3,6H2,1-2H3,(H,22,24)(H,23,25). The number of carbonyl (C=O) groups is 2. The first kappa shape index (κ1) is 20.2. The van der Waals surface area contributed by atoms with Crippen molar-refractivity contribution in [1.29, 1.82) is 0 Å². The summed E-state index contributed by atoms with van der Waals surface area (Å²) in [5.41, 5.74) is 0.802. The molecular formula is C19H20F2N2O4. The Bertz CT molecular complexity index is 812. The molecule has 2 amide bonds. The lowest BCUT2D eigenvalue weighted by Crippen LogP contribution is -2.16. The first-order chi connectivity index (χ1) is 12.9. The van der Waals surface area contributed by atoms with Gasteiger partial charge in [-0.05, 0) is 36.8 Å². The second kappa shape index (κ2) is 9.51. The predicted octanol–water partition coefficient (Wildman–Crippen LogP) is 4.29. The van der Waals surface area contributed by atoms with Crippen LogP contribution in [-0.4, -0.2) is 25.5 Å². The maximum absolute atomic E-state index is 12.7. The molecule has 0 aliphatic rings. The first-order valence-corrected chi connectivity index (χ1v) is 8.27. The first-order valence-electron chi connectivity index (χ1n) is 8.27. The number of amides is 2. The summed E-state index contributed by atoms with van der Waals surface area (Å²) in [6.07, 6.45) is 1.10. The highest BCUT2D eigenvalue weighted by Gasteiger charge is 2.20. The summed E-state index contributed by atoms with van der Waals surface area (Å²) in [7, 11) is 1.29. The van der Waals surface area contributed by atoms with Gasteiger partial charge in [-0.1, -0.05) is 19.1 Å². The topological polar surface area (TPSA) is 76.7 Å².